The highest BCUT2D eigenvalue weighted by molar-refractivity contribution is 6.33. The summed E-state index contributed by atoms with van der Waals surface area (Å²) < 4.78 is 58.5. The molecule has 1 amide bonds. The maximum absolute atomic E-state index is 14.5. The topological polar surface area (TPSA) is 79.0 Å². The lowest BCUT2D eigenvalue weighted by Crippen LogP contribution is -2.40. The van der Waals surface area contributed by atoms with Crippen molar-refractivity contribution in [1.82, 2.24) is 15.3 Å². The van der Waals surface area contributed by atoms with Gasteiger partial charge < -0.3 is 20.4 Å². The Hall–Kier alpha value is -3.01. The summed E-state index contributed by atoms with van der Waals surface area (Å²) in [5, 5.41) is 5.82. The van der Waals surface area contributed by atoms with Crippen molar-refractivity contribution >= 4 is 40.2 Å². The summed E-state index contributed by atoms with van der Waals surface area (Å²) in [6, 6.07) is 5.87. The molecule has 1 saturated carbocycles. The van der Waals surface area contributed by atoms with E-state index >= 15 is 0 Å². The minimum absolute atomic E-state index is 0.0168. The summed E-state index contributed by atoms with van der Waals surface area (Å²) in [5.74, 6) is -1.81. The van der Waals surface area contributed by atoms with E-state index in [-0.39, 0.29) is 59.7 Å². The maximum Gasteiger partial charge on any atom is 0.391 e. The molecule has 0 bridgehead atoms. The highest BCUT2D eigenvalue weighted by atomic mass is 35.5. The summed E-state index contributed by atoms with van der Waals surface area (Å²) >= 11 is 6.11. The second kappa shape index (κ2) is 9.32. The molecule has 0 spiro atoms. The number of aromatic amines is 1. The number of imidazole rings is 1. The van der Waals surface area contributed by atoms with E-state index in [0.717, 1.165) is 0 Å². The molecule has 3 aromatic rings. The van der Waals surface area contributed by atoms with Crippen molar-refractivity contribution in [1.29, 1.82) is 0 Å². The number of amides is 1. The van der Waals surface area contributed by atoms with Gasteiger partial charge in [-0.25, -0.2) is 9.37 Å². The van der Waals surface area contributed by atoms with Gasteiger partial charge in [0.15, 0.2) is 5.82 Å². The van der Waals surface area contributed by atoms with Crippen LogP contribution in [-0.4, -0.2) is 35.2 Å². The fourth-order valence-corrected chi connectivity index (χ4v) is 4.35. The van der Waals surface area contributed by atoms with Crippen LogP contribution in [0.25, 0.3) is 11.0 Å². The van der Waals surface area contributed by atoms with Crippen LogP contribution >= 0.6 is 11.6 Å². The van der Waals surface area contributed by atoms with Crippen LogP contribution in [0, 0.1) is 18.7 Å². The minimum Gasteiger partial charge on any atom is -0.496 e. The van der Waals surface area contributed by atoms with Crippen LogP contribution in [0.15, 0.2) is 24.3 Å². The third kappa shape index (κ3) is 4.91. The normalized spacial score (nSPS) is 18.7. The highest BCUT2D eigenvalue weighted by Gasteiger charge is 2.41. The molecule has 182 valence electrons. The van der Waals surface area contributed by atoms with E-state index in [9.17, 15) is 22.4 Å². The van der Waals surface area contributed by atoms with E-state index in [0.29, 0.717) is 16.6 Å². The van der Waals surface area contributed by atoms with Gasteiger partial charge in [0.05, 0.1) is 40.3 Å². The number of alkyl halides is 3. The molecule has 0 saturated heterocycles. The van der Waals surface area contributed by atoms with Gasteiger partial charge in [-0.3, -0.25) is 4.79 Å². The summed E-state index contributed by atoms with van der Waals surface area (Å²) in [4.78, 5) is 20.3. The first kappa shape index (κ1) is 24.1. The molecule has 1 aliphatic carbocycles. The molecule has 34 heavy (non-hydrogen) atoms. The molecule has 6 nitrogen and oxygen atoms in total. The van der Waals surface area contributed by atoms with Gasteiger partial charge in [0.1, 0.15) is 5.75 Å². The quantitative estimate of drug-likeness (QED) is 0.362. The van der Waals surface area contributed by atoms with E-state index in [1.165, 1.54) is 13.2 Å². The first-order valence-corrected chi connectivity index (χ1v) is 11.1. The molecule has 4 rings (SSSR count). The predicted molar refractivity (Wildman–Crippen MR) is 121 cm³/mol. The van der Waals surface area contributed by atoms with Crippen LogP contribution in [0.3, 0.4) is 0 Å². The van der Waals surface area contributed by atoms with Gasteiger partial charge in [0, 0.05) is 12.1 Å². The number of H-pyrrole nitrogens is 1. The smallest absolute Gasteiger partial charge is 0.391 e. The van der Waals surface area contributed by atoms with Crippen LogP contribution < -0.4 is 15.4 Å². The van der Waals surface area contributed by atoms with Crippen molar-refractivity contribution in [3.63, 3.8) is 0 Å². The lowest BCUT2D eigenvalue weighted by molar-refractivity contribution is -0.182. The molecular weight excluding hydrogens is 476 g/mol. The average molecular weight is 499 g/mol. The van der Waals surface area contributed by atoms with Gasteiger partial charge >= 0.3 is 6.18 Å². The minimum atomic E-state index is -4.21. The number of anilines is 2. The number of rotatable bonds is 5. The Bertz CT molecular complexity index is 1220. The predicted octanol–water partition coefficient (Wildman–Crippen LogP) is 6.27. The first-order chi connectivity index (χ1) is 16.1. The Morgan fingerprint density at radius 2 is 1.91 bits per heavy atom. The summed E-state index contributed by atoms with van der Waals surface area (Å²) in [6.45, 7) is 1.61. The van der Waals surface area contributed by atoms with Gasteiger partial charge in [-0.15, -0.1) is 0 Å². The third-order valence-electron chi connectivity index (χ3n) is 6.10. The molecule has 1 fully saturated rings. The molecule has 1 aliphatic rings. The number of carbonyl (C=O) groups is 1. The van der Waals surface area contributed by atoms with E-state index in [1.54, 1.807) is 25.1 Å². The number of methoxy groups -OCH3 is 1. The molecule has 1 aromatic heterocycles. The molecule has 3 N–H and O–H groups in total. The Kier molecular flexibility index (Phi) is 6.62. The maximum atomic E-state index is 14.5. The van der Waals surface area contributed by atoms with Crippen LogP contribution in [0.2, 0.25) is 5.02 Å². The zero-order chi connectivity index (χ0) is 24.6. The number of aromatic nitrogens is 2. The fourth-order valence-electron chi connectivity index (χ4n) is 4.16. The zero-order valence-electron chi connectivity index (χ0n) is 18.4. The van der Waals surface area contributed by atoms with Crippen molar-refractivity contribution in [3.05, 3.63) is 46.2 Å². The molecule has 2 aromatic carbocycles. The van der Waals surface area contributed by atoms with Gasteiger partial charge in [-0.2, -0.15) is 13.2 Å². The van der Waals surface area contributed by atoms with Crippen LogP contribution in [-0.2, 0) is 0 Å². The zero-order valence-corrected chi connectivity index (χ0v) is 19.2. The Morgan fingerprint density at radius 3 is 2.56 bits per heavy atom. The molecule has 1 heterocycles. The van der Waals surface area contributed by atoms with Gasteiger partial charge in [0.25, 0.3) is 5.91 Å². The Labute approximate surface area is 198 Å². The number of nitrogens with zero attached hydrogens (tertiary/aromatic N) is 1. The van der Waals surface area contributed by atoms with E-state index in [1.807, 2.05) is 0 Å². The lowest BCUT2D eigenvalue weighted by Gasteiger charge is -2.30. The lowest BCUT2D eigenvalue weighted by atomic mass is 9.85. The number of carbonyl (C=O) groups excluding carboxylic acids is 1. The van der Waals surface area contributed by atoms with Crippen LogP contribution in [0.4, 0.5) is 29.2 Å². The number of benzene rings is 2. The second-order valence-electron chi connectivity index (χ2n) is 8.40. The molecule has 0 unspecified atom stereocenters. The largest absolute Gasteiger partial charge is 0.496 e. The number of nitrogens with one attached hydrogen (secondary N) is 3. The number of halogens is 5. The van der Waals surface area contributed by atoms with Crippen molar-refractivity contribution < 1.29 is 27.1 Å². The SMILES string of the molecule is COc1cc2[nH]c(Nc3c(Cl)ccc(C)c3F)nc2cc1C(=O)N[C@H]1CC[C@H](C(F)(F)F)CC1. The highest BCUT2D eigenvalue weighted by Crippen LogP contribution is 2.38. The Balaban J connectivity index is 1.54. The standard InChI is InChI=1S/C23H23ClF4N4O2/c1-11-3-8-15(24)20(19(11)25)32-22-30-16-9-14(18(34-2)10-17(16)31-22)21(33)29-13-6-4-12(5-7-13)23(26,27)28/h3,8-10,12-13H,4-7H2,1-2H3,(H,29,33)(H2,30,31,32)/t12-,13-. The first-order valence-electron chi connectivity index (χ1n) is 10.7. The van der Waals surface area contributed by atoms with E-state index < -0.39 is 23.8 Å². The fraction of sp³-hybridized carbons (Fsp3) is 0.391. The van der Waals surface area contributed by atoms with Crippen LogP contribution in [0.1, 0.15) is 41.6 Å². The molecular formula is C23H23ClF4N4O2. The van der Waals surface area contributed by atoms with Gasteiger partial charge in [-0.1, -0.05) is 17.7 Å². The Morgan fingerprint density at radius 1 is 1.21 bits per heavy atom. The van der Waals surface area contributed by atoms with Crippen molar-refractivity contribution in [2.75, 3.05) is 12.4 Å². The number of hydrogen-bond acceptors (Lipinski definition) is 4. The third-order valence-corrected chi connectivity index (χ3v) is 6.42. The summed E-state index contributed by atoms with van der Waals surface area (Å²) in [7, 11) is 1.41. The van der Waals surface area contributed by atoms with Gasteiger partial charge in [-0.05, 0) is 50.3 Å². The van der Waals surface area contributed by atoms with Crippen molar-refractivity contribution in [2.45, 2.75) is 44.8 Å². The average Bonchev–Trinajstić information content (AvgIpc) is 3.19. The number of fused-ring (bicyclic) bond motifs is 1. The van der Waals surface area contributed by atoms with E-state index in [2.05, 4.69) is 20.6 Å². The molecule has 0 aliphatic heterocycles. The van der Waals surface area contributed by atoms with Crippen LogP contribution in [0.5, 0.6) is 5.75 Å². The second-order valence-corrected chi connectivity index (χ2v) is 8.80. The summed E-state index contributed by atoms with van der Waals surface area (Å²) in [5.41, 5.74) is 1.63. The van der Waals surface area contributed by atoms with E-state index in [4.69, 9.17) is 16.3 Å². The van der Waals surface area contributed by atoms with Crippen molar-refractivity contribution in [2.24, 2.45) is 5.92 Å². The molecule has 0 radical (unpaired) electrons. The monoisotopic (exact) mass is 498 g/mol. The number of ether oxygens (including phenoxy) is 1. The van der Waals surface area contributed by atoms with Gasteiger partial charge in [0.2, 0.25) is 5.95 Å². The van der Waals surface area contributed by atoms with Crippen molar-refractivity contribution in [3.8, 4) is 5.75 Å². The number of hydrogen-bond donors (Lipinski definition) is 3. The summed E-state index contributed by atoms with van der Waals surface area (Å²) in [6.07, 6.45) is -3.74. The molecule has 0 atom stereocenters. The number of aryl methyl sites for hydroxylation is 1. The molecule has 11 heteroatoms.